The maximum atomic E-state index is 12.4. The van der Waals surface area contributed by atoms with Gasteiger partial charge in [-0.3, -0.25) is 10.6 Å². The minimum Gasteiger partial charge on any atom is -0.324 e. The molecule has 1 unspecified atom stereocenters. The lowest BCUT2D eigenvalue weighted by Crippen LogP contribution is -2.15. The lowest BCUT2D eigenvalue weighted by molar-refractivity contribution is 0.102. The summed E-state index contributed by atoms with van der Waals surface area (Å²) in [5.41, 5.74) is 6.20. The van der Waals surface area contributed by atoms with Crippen LogP contribution in [0.2, 0.25) is 0 Å². The van der Waals surface area contributed by atoms with Crippen molar-refractivity contribution in [3.63, 3.8) is 0 Å². The molecule has 3 aromatic rings. The van der Waals surface area contributed by atoms with Gasteiger partial charge in [0, 0.05) is 17.0 Å². The van der Waals surface area contributed by atoms with E-state index in [-0.39, 0.29) is 16.7 Å². The smallest absolute Gasteiger partial charge is 0.256 e. The molecule has 2 aromatic carbocycles. The minimum absolute atomic E-state index is 0.0534. The highest BCUT2D eigenvalue weighted by Gasteiger charge is 2.19. The van der Waals surface area contributed by atoms with Crippen LogP contribution in [0.15, 0.2) is 64.2 Å². The number of hydrazine groups is 1. The fourth-order valence-electron chi connectivity index (χ4n) is 3.20. The van der Waals surface area contributed by atoms with Gasteiger partial charge in [-0.05, 0) is 59.3 Å². The number of nitrogen functional groups attached to an aromatic ring is 1. The molecule has 6 N–H and O–H groups in total. The molecular weight excluding hydrogens is 408 g/mol. The Balaban J connectivity index is 1.99. The predicted molar refractivity (Wildman–Crippen MR) is 116 cm³/mol. The summed E-state index contributed by atoms with van der Waals surface area (Å²) in [6.45, 7) is 1.99. The van der Waals surface area contributed by atoms with Gasteiger partial charge < -0.3 is 10.7 Å². The molecule has 1 heterocycles. The monoisotopic (exact) mass is 430 g/mol. The molecule has 1 amide bonds. The summed E-state index contributed by atoms with van der Waals surface area (Å²) in [5, 5.41) is 11.8. The Morgan fingerprint density at radius 2 is 1.97 bits per heavy atom. The third-order valence-electron chi connectivity index (χ3n) is 4.62. The van der Waals surface area contributed by atoms with Gasteiger partial charge in [0.15, 0.2) is 0 Å². The van der Waals surface area contributed by atoms with Crippen LogP contribution in [-0.2, 0) is 10.0 Å². The van der Waals surface area contributed by atoms with Gasteiger partial charge in [-0.2, -0.15) is 11.3 Å². The maximum Gasteiger partial charge on any atom is 0.256 e. The van der Waals surface area contributed by atoms with E-state index in [0.29, 0.717) is 23.4 Å². The van der Waals surface area contributed by atoms with Crippen molar-refractivity contribution in [2.45, 2.75) is 24.2 Å². The van der Waals surface area contributed by atoms with Crippen molar-refractivity contribution < 1.29 is 13.2 Å². The van der Waals surface area contributed by atoms with Crippen LogP contribution in [-0.4, -0.2) is 14.3 Å². The number of nitrogens with one attached hydrogen (secondary N) is 2. The van der Waals surface area contributed by atoms with Gasteiger partial charge in [-0.25, -0.2) is 13.6 Å². The molecule has 0 saturated heterocycles. The van der Waals surface area contributed by atoms with Crippen LogP contribution >= 0.6 is 11.3 Å². The predicted octanol–water partition coefficient (Wildman–Crippen LogP) is 3.48. The number of amides is 1. The molecule has 0 aliphatic heterocycles. The van der Waals surface area contributed by atoms with Gasteiger partial charge in [0.2, 0.25) is 10.0 Å². The molecule has 0 aliphatic carbocycles. The van der Waals surface area contributed by atoms with Crippen molar-refractivity contribution in [3.8, 4) is 0 Å². The van der Waals surface area contributed by atoms with Gasteiger partial charge in [0.05, 0.1) is 16.1 Å². The summed E-state index contributed by atoms with van der Waals surface area (Å²) < 4.78 is 23.5. The maximum absolute atomic E-state index is 12.4. The standard InChI is InChI=1S/C20H22N4O3S2/c1-2-17(13-4-3-5-16(10-13)29(22,26)27)18-11-15(6-7-19(18)24-21)23-20(25)14-8-9-28-12-14/h3-12,17,24H,2,21H2,1H3,(H,23,25)(H2,22,26,27). The summed E-state index contributed by atoms with van der Waals surface area (Å²) in [6.07, 6.45) is 0.685. The number of carbonyl (C=O) groups is 1. The van der Waals surface area contributed by atoms with Crippen molar-refractivity contribution in [1.29, 1.82) is 0 Å². The van der Waals surface area contributed by atoms with Gasteiger partial charge in [0.1, 0.15) is 0 Å². The van der Waals surface area contributed by atoms with Crippen molar-refractivity contribution >= 4 is 38.6 Å². The minimum atomic E-state index is -3.81. The number of anilines is 2. The van der Waals surface area contributed by atoms with Gasteiger partial charge in [-0.15, -0.1) is 0 Å². The van der Waals surface area contributed by atoms with E-state index >= 15 is 0 Å². The van der Waals surface area contributed by atoms with Crippen molar-refractivity contribution in [3.05, 3.63) is 76.0 Å². The fraction of sp³-hybridized carbons (Fsp3) is 0.150. The second-order valence-electron chi connectivity index (χ2n) is 6.49. The zero-order valence-electron chi connectivity index (χ0n) is 15.8. The van der Waals surface area contributed by atoms with E-state index in [1.165, 1.54) is 17.4 Å². The van der Waals surface area contributed by atoms with E-state index < -0.39 is 10.0 Å². The average Bonchev–Trinajstić information content (AvgIpc) is 3.23. The fourth-order valence-corrected chi connectivity index (χ4v) is 4.41. The second-order valence-corrected chi connectivity index (χ2v) is 8.83. The molecule has 0 spiro atoms. The zero-order chi connectivity index (χ0) is 21.0. The first-order valence-corrected chi connectivity index (χ1v) is 11.4. The Morgan fingerprint density at radius 3 is 2.59 bits per heavy atom. The number of thiophene rings is 1. The quantitative estimate of drug-likeness (QED) is 0.337. The van der Waals surface area contributed by atoms with E-state index in [0.717, 1.165) is 11.1 Å². The summed E-state index contributed by atoms with van der Waals surface area (Å²) in [4.78, 5) is 12.4. The average molecular weight is 431 g/mol. The molecule has 1 aromatic heterocycles. The molecule has 152 valence electrons. The Hall–Kier alpha value is -2.72. The summed E-state index contributed by atoms with van der Waals surface area (Å²) >= 11 is 1.45. The van der Waals surface area contributed by atoms with Crippen molar-refractivity contribution in [2.75, 3.05) is 10.7 Å². The molecule has 0 radical (unpaired) electrons. The highest BCUT2D eigenvalue weighted by molar-refractivity contribution is 7.89. The third kappa shape index (κ3) is 4.83. The molecule has 0 aliphatic rings. The van der Waals surface area contributed by atoms with Crippen LogP contribution in [0.5, 0.6) is 0 Å². The van der Waals surface area contributed by atoms with E-state index in [1.807, 2.05) is 24.4 Å². The number of hydrogen-bond donors (Lipinski definition) is 4. The normalized spacial score (nSPS) is 12.4. The first-order chi connectivity index (χ1) is 13.8. The summed E-state index contributed by atoms with van der Waals surface area (Å²) in [6, 6.07) is 13.7. The van der Waals surface area contributed by atoms with Gasteiger partial charge >= 0.3 is 0 Å². The third-order valence-corrected chi connectivity index (χ3v) is 6.22. The van der Waals surface area contributed by atoms with Gasteiger partial charge in [-0.1, -0.05) is 19.1 Å². The molecule has 3 rings (SSSR count). The topological polar surface area (TPSA) is 127 Å². The highest BCUT2D eigenvalue weighted by Crippen LogP contribution is 2.35. The molecular formula is C20H22N4O3S2. The van der Waals surface area contributed by atoms with Crippen LogP contribution in [0, 0.1) is 0 Å². The molecule has 29 heavy (non-hydrogen) atoms. The lowest BCUT2D eigenvalue weighted by atomic mass is 9.88. The molecule has 0 fully saturated rings. The first-order valence-electron chi connectivity index (χ1n) is 8.90. The number of primary sulfonamides is 1. The summed E-state index contributed by atoms with van der Waals surface area (Å²) in [5.74, 6) is 5.35. The summed E-state index contributed by atoms with van der Waals surface area (Å²) in [7, 11) is -3.81. The van der Waals surface area contributed by atoms with E-state index in [9.17, 15) is 13.2 Å². The van der Waals surface area contributed by atoms with Crippen LogP contribution in [0.25, 0.3) is 0 Å². The van der Waals surface area contributed by atoms with E-state index in [1.54, 1.807) is 35.7 Å². The second kappa shape index (κ2) is 8.75. The first kappa shape index (κ1) is 21.0. The number of sulfonamides is 1. The Kier molecular flexibility index (Phi) is 6.33. The number of benzene rings is 2. The van der Waals surface area contributed by atoms with Crippen molar-refractivity contribution in [2.24, 2.45) is 11.0 Å². The number of rotatable bonds is 7. The van der Waals surface area contributed by atoms with Crippen LogP contribution < -0.4 is 21.7 Å². The molecule has 1 atom stereocenters. The molecule has 0 saturated carbocycles. The van der Waals surface area contributed by atoms with Crippen LogP contribution in [0.3, 0.4) is 0 Å². The van der Waals surface area contributed by atoms with E-state index in [4.69, 9.17) is 11.0 Å². The molecule has 0 bridgehead atoms. The molecule has 7 nitrogen and oxygen atoms in total. The SMILES string of the molecule is CCC(c1cccc(S(N)(=O)=O)c1)c1cc(NC(=O)c2ccsc2)ccc1NN. The van der Waals surface area contributed by atoms with Crippen molar-refractivity contribution in [1.82, 2.24) is 0 Å². The lowest BCUT2D eigenvalue weighted by Gasteiger charge is -2.21. The van der Waals surface area contributed by atoms with Crippen LogP contribution in [0.1, 0.15) is 40.7 Å². The zero-order valence-corrected chi connectivity index (χ0v) is 17.4. The number of carbonyl (C=O) groups excluding carboxylic acids is 1. The van der Waals surface area contributed by atoms with Gasteiger partial charge in [0.25, 0.3) is 5.91 Å². The Morgan fingerprint density at radius 1 is 1.17 bits per heavy atom. The molecule has 9 heteroatoms. The highest BCUT2D eigenvalue weighted by atomic mass is 32.2. The largest absolute Gasteiger partial charge is 0.324 e. The van der Waals surface area contributed by atoms with E-state index in [2.05, 4.69) is 10.7 Å². The van der Waals surface area contributed by atoms with Crippen LogP contribution in [0.4, 0.5) is 11.4 Å². The Labute approximate surface area is 173 Å². The Bertz CT molecular complexity index is 1110. The number of hydrogen-bond acceptors (Lipinski definition) is 6. The number of nitrogens with two attached hydrogens (primary N) is 2.